The molecule has 0 spiro atoms. The molecule has 2 amide bonds. The molecule has 1 saturated heterocycles. The number of benzene rings is 3. The van der Waals surface area contributed by atoms with Gasteiger partial charge in [0.05, 0.1) is 6.04 Å². The molecule has 3 aromatic rings. The van der Waals surface area contributed by atoms with E-state index in [4.69, 9.17) is 4.74 Å². The molecular formula is C32H37N3O3. The van der Waals surface area contributed by atoms with Gasteiger partial charge >= 0.3 is 0 Å². The van der Waals surface area contributed by atoms with Crippen molar-refractivity contribution in [2.24, 2.45) is 0 Å². The van der Waals surface area contributed by atoms with Gasteiger partial charge in [0, 0.05) is 25.2 Å². The second-order valence-corrected chi connectivity index (χ2v) is 10.4. The molecule has 2 aliphatic rings. The summed E-state index contributed by atoms with van der Waals surface area (Å²) in [5.74, 6) is 0.537. The lowest BCUT2D eigenvalue weighted by molar-refractivity contribution is -0.127. The summed E-state index contributed by atoms with van der Waals surface area (Å²) in [6.45, 7) is 8.22. The molecule has 38 heavy (non-hydrogen) atoms. The fraction of sp³-hybridized carbons (Fsp3) is 0.375. The van der Waals surface area contributed by atoms with Gasteiger partial charge in [-0.25, -0.2) is 0 Å². The van der Waals surface area contributed by atoms with Gasteiger partial charge in [-0.2, -0.15) is 0 Å². The number of carbonyl (C=O) groups is 2. The van der Waals surface area contributed by atoms with E-state index in [0.717, 1.165) is 42.7 Å². The van der Waals surface area contributed by atoms with Gasteiger partial charge in [-0.05, 0) is 87.2 Å². The van der Waals surface area contributed by atoms with Crippen LogP contribution in [0.5, 0.6) is 5.75 Å². The lowest BCUT2D eigenvalue weighted by Crippen LogP contribution is -2.41. The topological polar surface area (TPSA) is 61.9 Å². The first-order valence-corrected chi connectivity index (χ1v) is 13.7. The van der Waals surface area contributed by atoms with Crippen LogP contribution in [0.4, 0.5) is 0 Å². The Hall–Kier alpha value is -3.64. The molecule has 0 aromatic heterocycles. The van der Waals surface area contributed by atoms with Crippen LogP contribution in [-0.4, -0.2) is 60.4 Å². The number of carbonyl (C=O) groups excluding carboxylic acids is 2. The van der Waals surface area contributed by atoms with Crippen LogP contribution in [0, 0.1) is 6.92 Å². The first kappa shape index (κ1) is 26.0. The molecule has 3 aromatic carbocycles. The van der Waals surface area contributed by atoms with Crippen LogP contribution in [0.3, 0.4) is 0 Å². The van der Waals surface area contributed by atoms with Gasteiger partial charge in [-0.1, -0.05) is 54.1 Å². The molecule has 1 N–H and O–H groups in total. The van der Waals surface area contributed by atoms with Crippen molar-refractivity contribution in [1.29, 1.82) is 0 Å². The van der Waals surface area contributed by atoms with Crippen LogP contribution >= 0.6 is 0 Å². The van der Waals surface area contributed by atoms with Crippen LogP contribution in [-0.2, 0) is 11.2 Å². The maximum absolute atomic E-state index is 13.7. The zero-order chi connectivity index (χ0) is 26.5. The molecule has 1 fully saturated rings. The number of fused-ring (bicyclic) bond motifs is 1. The minimum atomic E-state index is -0.616. The van der Waals surface area contributed by atoms with Crippen LogP contribution in [0.15, 0.2) is 72.8 Å². The van der Waals surface area contributed by atoms with Crippen LogP contribution in [0.2, 0.25) is 0 Å². The summed E-state index contributed by atoms with van der Waals surface area (Å²) in [5.41, 5.74) is 5.14. The molecule has 5 rings (SSSR count). The Balaban J connectivity index is 1.37. The third-order valence-electron chi connectivity index (χ3n) is 7.59. The van der Waals surface area contributed by atoms with Crippen molar-refractivity contribution < 1.29 is 14.3 Å². The van der Waals surface area contributed by atoms with E-state index in [1.165, 1.54) is 18.4 Å². The maximum Gasteiger partial charge on any atom is 0.260 e. The number of nitrogens with zero attached hydrogens (tertiary/aromatic N) is 2. The highest BCUT2D eigenvalue weighted by Gasteiger charge is 2.33. The minimum Gasteiger partial charge on any atom is -0.481 e. The Morgan fingerprint density at radius 2 is 1.76 bits per heavy atom. The van der Waals surface area contributed by atoms with Crippen molar-refractivity contribution in [3.05, 3.63) is 101 Å². The predicted molar refractivity (Wildman–Crippen MR) is 149 cm³/mol. The van der Waals surface area contributed by atoms with Crippen molar-refractivity contribution in [1.82, 2.24) is 15.1 Å². The number of amides is 2. The van der Waals surface area contributed by atoms with Gasteiger partial charge in [0.2, 0.25) is 0 Å². The van der Waals surface area contributed by atoms with E-state index in [0.29, 0.717) is 24.4 Å². The average molecular weight is 512 g/mol. The van der Waals surface area contributed by atoms with Crippen molar-refractivity contribution >= 4 is 11.8 Å². The summed E-state index contributed by atoms with van der Waals surface area (Å²) in [5, 5.41) is 3.01. The van der Waals surface area contributed by atoms with Crippen LogP contribution < -0.4 is 10.1 Å². The average Bonchev–Trinajstić information content (AvgIpc) is 3.46. The van der Waals surface area contributed by atoms with Crippen LogP contribution in [0.1, 0.15) is 58.4 Å². The zero-order valence-corrected chi connectivity index (χ0v) is 22.4. The maximum atomic E-state index is 13.7. The second kappa shape index (κ2) is 11.8. The molecule has 0 unspecified atom stereocenters. The van der Waals surface area contributed by atoms with Gasteiger partial charge in [-0.3, -0.25) is 9.59 Å². The molecule has 198 valence electrons. The third-order valence-corrected chi connectivity index (χ3v) is 7.59. The molecule has 2 atom stereocenters. The van der Waals surface area contributed by atoms with E-state index in [1.807, 2.05) is 53.4 Å². The number of aryl methyl sites for hydroxylation is 1. The fourth-order valence-electron chi connectivity index (χ4n) is 5.58. The standard InChI is InChI=1S/C32H37N3O3/c1-23-9-8-12-27(21-23)30-29-22-28(38-24(2)31(36)33-16-20-34-17-6-7-18-34)14-13-25(29)15-19-35(30)32(37)26-10-4-3-5-11-26/h3-5,8-14,21-22,24,30H,6-7,15-20H2,1-2H3,(H,33,36)/t24-,30+/m1/s1. The van der Waals surface area contributed by atoms with E-state index in [-0.39, 0.29) is 17.9 Å². The molecule has 0 saturated carbocycles. The summed E-state index contributed by atoms with van der Waals surface area (Å²) >= 11 is 0. The first-order chi connectivity index (χ1) is 18.5. The van der Waals surface area contributed by atoms with Gasteiger partial charge in [0.25, 0.3) is 11.8 Å². The van der Waals surface area contributed by atoms with Gasteiger partial charge in [0.15, 0.2) is 6.10 Å². The third kappa shape index (κ3) is 5.91. The molecule has 6 nitrogen and oxygen atoms in total. The highest BCUT2D eigenvalue weighted by Crippen LogP contribution is 2.38. The van der Waals surface area contributed by atoms with E-state index in [2.05, 4.69) is 41.4 Å². The number of hydrogen-bond acceptors (Lipinski definition) is 4. The second-order valence-electron chi connectivity index (χ2n) is 10.4. The molecule has 0 radical (unpaired) electrons. The number of ether oxygens (including phenoxy) is 1. The van der Waals surface area contributed by atoms with Crippen LogP contribution in [0.25, 0.3) is 0 Å². The Morgan fingerprint density at radius 1 is 0.974 bits per heavy atom. The Labute approximate surface area is 225 Å². The number of nitrogens with one attached hydrogen (secondary N) is 1. The quantitative estimate of drug-likeness (QED) is 0.474. The fourth-order valence-corrected chi connectivity index (χ4v) is 5.58. The zero-order valence-electron chi connectivity index (χ0n) is 22.4. The summed E-state index contributed by atoms with van der Waals surface area (Å²) in [7, 11) is 0. The molecule has 2 aliphatic heterocycles. The largest absolute Gasteiger partial charge is 0.481 e. The van der Waals surface area contributed by atoms with Crippen molar-refractivity contribution in [2.45, 2.75) is 45.3 Å². The number of hydrogen-bond donors (Lipinski definition) is 1. The van der Waals surface area contributed by atoms with E-state index >= 15 is 0 Å². The highest BCUT2D eigenvalue weighted by atomic mass is 16.5. The Morgan fingerprint density at radius 3 is 2.53 bits per heavy atom. The van der Waals surface area contributed by atoms with Gasteiger partial charge < -0.3 is 19.9 Å². The van der Waals surface area contributed by atoms with E-state index in [1.54, 1.807) is 6.92 Å². The van der Waals surface area contributed by atoms with E-state index < -0.39 is 6.10 Å². The lowest BCUT2D eigenvalue weighted by Gasteiger charge is -2.38. The van der Waals surface area contributed by atoms with Gasteiger partial charge in [-0.15, -0.1) is 0 Å². The summed E-state index contributed by atoms with van der Waals surface area (Å²) in [6, 6.07) is 23.6. The Bertz CT molecular complexity index is 1270. The molecular weight excluding hydrogens is 474 g/mol. The van der Waals surface area contributed by atoms with Gasteiger partial charge in [0.1, 0.15) is 5.75 Å². The normalized spacial score (nSPS) is 18.1. The van der Waals surface area contributed by atoms with Crippen molar-refractivity contribution in [2.75, 3.05) is 32.7 Å². The van der Waals surface area contributed by atoms with Crippen molar-refractivity contribution in [3.8, 4) is 5.75 Å². The minimum absolute atomic E-state index is 0.0137. The van der Waals surface area contributed by atoms with Crippen molar-refractivity contribution in [3.63, 3.8) is 0 Å². The lowest BCUT2D eigenvalue weighted by atomic mass is 9.87. The highest BCUT2D eigenvalue weighted by molar-refractivity contribution is 5.95. The molecule has 0 bridgehead atoms. The first-order valence-electron chi connectivity index (χ1n) is 13.7. The smallest absolute Gasteiger partial charge is 0.260 e. The summed E-state index contributed by atoms with van der Waals surface area (Å²) in [6.07, 6.45) is 2.63. The predicted octanol–water partition coefficient (Wildman–Crippen LogP) is 4.76. The summed E-state index contributed by atoms with van der Waals surface area (Å²) in [4.78, 5) is 30.7. The molecule has 0 aliphatic carbocycles. The number of likely N-dealkylation sites (tertiary alicyclic amines) is 1. The monoisotopic (exact) mass is 511 g/mol. The Kier molecular flexibility index (Phi) is 8.08. The van der Waals surface area contributed by atoms with E-state index in [9.17, 15) is 9.59 Å². The SMILES string of the molecule is Cc1cccc([C@H]2c3cc(O[C@H](C)C(=O)NCCN4CCCC4)ccc3CCN2C(=O)c2ccccc2)c1. The number of rotatable bonds is 8. The molecule has 6 heteroatoms. The summed E-state index contributed by atoms with van der Waals surface area (Å²) < 4.78 is 6.12. The molecule has 2 heterocycles.